The number of rotatable bonds is 2. The average molecular weight is 290 g/mol. The molecule has 0 bridgehead atoms. The molecule has 1 aliphatic heterocycles. The lowest BCUT2D eigenvalue weighted by molar-refractivity contribution is -0.137. The summed E-state index contributed by atoms with van der Waals surface area (Å²) in [6.45, 7) is 0.855. The molecule has 2 heterocycles. The molecule has 5 nitrogen and oxygen atoms in total. The molecule has 1 aromatic heterocycles. The van der Waals surface area contributed by atoms with Crippen LogP contribution in [0.15, 0.2) is 17.1 Å². The van der Waals surface area contributed by atoms with Gasteiger partial charge in [-0.15, -0.1) is 0 Å². The molecule has 0 radical (unpaired) electrons. The van der Waals surface area contributed by atoms with E-state index in [9.17, 15) is 22.8 Å². The molecular formula is C12H13F3N2O3. The SMILES string of the molecule is O=C(Nc1cc(C(F)(F)F)c[nH]c1=O)C1CCOCC1. The summed E-state index contributed by atoms with van der Waals surface area (Å²) in [5.74, 6) is -0.809. The Labute approximate surface area is 112 Å². The van der Waals surface area contributed by atoms with Crippen LogP contribution >= 0.6 is 0 Å². The van der Waals surface area contributed by atoms with Crippen LogP contribution in [0.25, 0.3) is 0 Å². The number of hydrogen-bond donors (Lipinski definition) is 2. The number of anilines is 1. The van der Waals surface area contributed by atoms with E-state index in [1.807, 2.05) is 4.98 Å². The Morgan fingerprint density at radius 1 is 1.35 bits per heavy atom. The predicted octanol–water partition coefficient (Wildman–Crippen LogP) is 1.76. The molecular weight excluding hydrogens is 277 g/mol. The second-order valence-corrected chi connectivity index (χ2v) is 4.50. The van der Waals surface area contributed by atoms with Crippen LogP contribution in [0.2, 0.25) is 0 Å². The van der Waals surface area contributed by atoms with Gasteiger partial charge in [-0.25, -0.2) is 0 Å². The van der Waals surface area contributed by atoms with E-state index in [-0.39, 0.29) is 5.92 Å². The number of alkyl halides is 3. The fourth-order valence-corrected chi connectivity index (χ4v) is 1.93. The van der Waals surface area contributed by atoms with E-state index in [2.05, 4.69) is 5.32 Å². The number of carbonyl (C=O) groups excluding carboxylic acids is 1. The molecule has 110 valence electrons. The molecule has 0 spiro atoms. The second-order valence-electron chi connectivity index (χ2n) is 4.50. The van der Waals surface area contributed by atoms with E-state index < -0.39 is 28.9 Å². The minimum Gasteiger partial charge on any atom is -0.381 e. The number of halogens is 3. The van der Waals surface area contributed by atoms with E-state index in [4.69, 9.17) is 4.74 Å². The lowest BCUT2D eigenvalue weighted by atomic mass is 9.99. The first kappa shape index (κ1) is 14.6. The Hall–Kier alpha value is -1.83. The van der Waals surface area contributed by atoms with Gasteiger partial charge >= 0.3 is 6.18 Å². The Kier molecular flexibility index (Phi) is 4.12. The van der Waals surface area contributed by atoms with Gasteiger partial charge in [-0.2, -0.15) is 13.2 Å². The second kappa shape index (κ2) is 5.66. The van der Waals surface area contributed by atoms with Crippen molar-refractivity contribution in [1.29, 1.82) is 0 Å². The maximum absolute atomic E-state index is 12.5. The maximum atomic E-state index is 12.5. The molecule has 0 aliphatic carbocycles. The van der Waals surface area contributed by atoms with Gasteiger partial charge in [-0.1, -0.05) is 0 Å². The van der Waals surface area contributed by atoms with Crippen molar-refractivity contribution in [3.63, 3.8) is 0 Å². The lowest BCUT2D eigenvalue weighted by Gasteiger charge is -2.21. The number of hydrogen-bond acceptors (Lipinski definition) is 3. The molecule has 2 N–H and O–H groups in total. The maximum Gasteiger partial charge on any atom is 0.417 e. The molecule has 1 amide bonds. The first-order valence-electron chi connectivity index (χ1n) is 6.06. The highest BCUT2D eigenvalue weighted by Gasteiger charge is 2.32. The van der Waals surface area contributed by atoms with Crippen molar-refractivity contribution in [1.82, 2.24) is 4.98 Å². The summed E-state index contributed by atoms with van der Waals surface area (Å²) >= 11 is 0. The van der Waals surface area contributed by atoms with Crippen LogP contribution in [0, 0.1) is 5.92 Å². The number of pyridine rings is 1. The number of amides is 1. The van der Waals surface area contributed by atoms with Gasteiger partial charge in [0, 0.05) is 25.3 Å². The van der Waals surface area contributed by atoms with E-state index in [0.29, 0.717) is 38.3 Å². The fraction of sp³-hybridized carbons (Fsp3) is 0.500. The van der Waals surface area contributed by atoms with Crippen molar-refractivity contribution in [2.75, 3.05) is 18.5 Å². The molecule has 0 saturated carbocycles. The lowest BCUT2D eigenvalue weighted by Crippen LogP contribution is -2.30. The van der Waals surface area contributed by atoms with Crippen LogP contribution < -0.4 is 10.9 Å². The minimum absolute atomic E-state index is 0.349. The summed E-state index contributed by atoms with van der Waals surface area (Å²) in [5, 5.41) is 2.25. The molecule has 1 aliphatic rings. The van der Waals surface area contributed by atoms with E-state index in [0.717, 1.165) is 0 Å². The van der Waals surface area contributed by atoms with Crippen molar-refractivity contribution >= 4 is 11.6 Å². The molecule has 0 aromatic carbocycles. The summed E-state index contributed by atoms with van der Waals surface area (Å²) < 4.78 is 42.7. The quantitative estimate of drug-likeness (QED) is 0.872. The topological polar surface area (TPSA) is 71.2 Å². The summed E-state index contributed by atoms with van der Waals surface area (Å²) in [6, 6.07) is 0.635. The third-order valence-electron chi connectivity index (χ3n) is 3.08. The number of ether oxygens (including phenoxy) is 1. The monoisotopic (exact) mass is 290 g/mol. The summed E-state index contributed by atoms with van der Waals surface area (Å²) in [5.41, 5.74) is -2.17. The normalized spacial score (nSPS) is 16.9. The Morgan fingerprint density at radius 3 is 2.60 bits per heavy atom. The van der Waals surface area contributed by atoms with Gasteiger partial charge in [0.1, 0.15) is 5.69 Å². The predicted molar refractivity (Wildman–Crippen MR) is 64.2 cm³/mol. The van der Waals surface area contributed by atoms with Gasteiger partial charge in [0.15, 0.2) is 0 Å². The zero-order valence-corrected chi connectivity index (χ0v) is 10.4. The highest BCUT2D eigenvalue weighted by Crippen LogP contribution is 2.29. The average Bonchev–Trinajstić information content (AvgIpc) is 2.41. The molecule has 1 aromatic rings. The standard InChI is InChI=1S/C12H13F3N2O3/c13-12(14,15)8-5-9(11(19)16-6-8)17-10(18)7-1-3-20-4-2-7/h5-7H,1-4H2,(H,16,19)(H,17,18). The third-order valence-corrected chi connectivity index (χ3v) is 3.08. The fourth-order valence-electron chi connectivity index (χ4n) is 1.93. The number of aromatic amines is 1. The molecule has 2 rings (SSSR count). The molecule has 0 atom stereocenters. The van der Waals surface area contributed by atoms with Crippen LogP contribution in [0.4, 0.5) is 18.9 Å². The van der Waals surface area contributed by atoms with Gasteiger partial charge in [0.25, 0.3) is 5.56 Å². The third kappa shape index (κ3) is 3.38. The van der Waals surface area contributed by atoms with Crippen molar-refractivity contribution in [2.45, 2.75) is 19.0 Å². The number of nitrogens with one attached hydrogen (secondary N) is 2. The van der Waals surface area contributed by atoms with Crippen molar-refractivity contribution in [3.05, 3.63) is 28.2 Å². The highest BCUT2D eigenvalue weighted by molar-refractivity contribution is 5.92. The first-order valence-corrected chi connectivity index (χ1v) is 6.06. The van der Waals surface area contributed by atoms with Crippen LogP contribution in [-0.2, 0) is 15.7 Å². The highest BCUT2D eigenvalue weighted by atomic mass is 19.4. The van der Waals surface area contributed by atoms with Crippen LogP contribution in [0.5, 0.6) is 0 Å². The molecule has 1 saturated heterocycles. The van der Waals surface area contributed by atoms with Gasteiger partial charge < -0.3 is 15.0 Å². The van der Waals surface area contributed by atoms with Crippen molar-refractivity contribution in [2.24, 2.45) is 5.92 Å². The minimum atomic E-state index is -4.58. The Bertz CT molecular complexity index is 548. The molecule has 1 fully saturated rings. The largest absolute Gasteiger partial charge is 0.417 e. The zero-order valence-electron chi connectivity index (χ0n) is 10.4. The van der Waals surface area contributed by atoms with Crippen LogP contribution in [0.1, 0.15) is 18.4 Å². The van der Waals surface area contributed by atoms with Gasteiger partial charge in [0.2, 0.25) is 5.91 Å². The Balaban J connectivity index is 2.16. The van der Waals surface area contributed by atoms with E-state index >= 15 is 0 Å². The smallest absolute Gasteiger partial charge is 0.381 e. The molecule has 0 unspecified atom stereocenters. The number of aromatic nitrogens is 1. The zero-order chi connectivity index (χ0) is 14.8. The van der Waals surface area contributed by atoms with E-state index in [1.54, 1.807) is 0 Å². The Morgan fingerprint density at radius 2 is 2.00 bits per heavy atom. The van der Waals surface area contributed by atoms with Gasteiger partial charge in [0.05, 0.1) is 5.56 Å². The first-order chi connectivity index (χ1) is 9.38. The van der Waals surface area contributed by atoms with Gasteiger partial charge in [-0.3, -0.25) is 9.59 Å². The molecule has 20 heavy (non-hydrogen) atoms. The number of carbonyl (C=O) groups is 1. The number of H-pyrrole nitrogens is 1. The summed E-state index contributed by atoms with van der Waals surface area (Å²) in [6.07, 6.45) is -3.03. The van der Waals surface area contributed by atoms with Crippen LogP contribution in [0.3, 0.4) is 0 Å². The van der Waals surface area contributed by atoms with Crippen LogP contribution in [-0.4, -0.2) is 24.1 Å². The summed E-state index contributed by atoms with van der Waals surface area (Å²) in [7, 11) is 0. The van der Waals surface area contributed by atoms with E-state index in [1.165, 1.54) is 0 Å². The van der Waals surface area contributed by atoms with Crippen molar-refractivity contribution in [3.8, 4) is 0 Å². The van der Waals surface area contributed by atoms with Gasteiger partial charge in [-0.05, 0) is 18.9 Å². The van der Waals surface area contributed by atoms with Crippen molar-refractivity contribution < 1.29 is 22.7 Å². The summed E-state index contributed by atoms with van der Waals surface area (Å²) in [4.78, 5) is 25.3. The molecule has 8 heteroatoms.